The Hall–Kier alpha value is -1.81. The van der Waals surface area contributed by atoms with E-state index in [-0.39, 0.29) is 18.4 Å². The smallest absolute Gasteiger partial charge is 0.303 e. The monoisotopic (exact) mass is 281 g/mol. The predicted molar refractivity (Wildman–Crippen MR) is 75.0 cm³/mol. The van der Waals surface area contributed by atoms with Crippen molar-refractivity contribution in [3.63, 3.8) is 0 Å². The van der Waals surface area contributed by atoms with Crippen molar-refractivity contribution in [3.05, 3.63) is 40.9 Å². The zero-order chi connectivity index (χ0) is 14.3. The van der Waals surface area contributed by atoms with Crippen molar-refractivity contribution in [2.75, 3.05) is 0 Å². The normalized spacial score (nSPS) is 12.3. The molecule has 0 spiro atoms. The Morgan fingerprint density at radius 2 is 2.21 bits per heavy atom. The summed E-state index contributed by atoms with van der Waals surface area (Å²) in [7, 11) is 0. The Balaban J connectivity index is 2.44. The fourth-order valence-electron chi connectivity index (χ4n) is 1.49. The fraction of sp³-hybridized carbons (Fsp3) is 0.286. The Morgan fingerprint density at radius 1 is 1.47 bits per heavy atom. The number of carbonyl (C=O) groups excluding carboxylic acids is 1. The minimum absolute atomic E-state index is 0.0411. The first-order valence-electron chi connectivity index (χ1n) is 5.93. The summed E-state index contributed by atoms with van der Waals surface area (Å²) in [6.07, 6.45) is 3.51. The zero-order valence-corrected chi connectivity index (χ0v) is 11.4. The number of carboxylic acid groups (broad SMARTS) is 1. The zero-order valence-electron chi connectivity index (χ0n) is 10.6. The van der Waals surface area contributed by atoms with Crippen molar-refractivity contribution in [2.45, 2.75) is 25.8 Å². The molecule has 0 saturated heterocycles. The van der Waals surface area contributed by atoms with Gasteiger partial charge in [0.2, 0.25) is 5.91 Å². The average Bonchev–Trinajstić information content (AvgIpc) is 2.34. The van der Waals surface area contributed by atoms with Gasteiger partial charge < -0.3 is 10.4 Å². The molecule has 2 N–H and O–H groups in total. The highest BCUT2D eigenvalue weighted by molar-refractivity contribution is 6.30. The number of nitrogens with one attached hydrogen (secondary N) is 1. The van der Waals surface area contributed by atoms with Crippen molar-refractivity contribution >= 4 is 29.6 Å². The first-order valence-corrected chi connectivity index (χ1v) is 6.31. The first kappa shape index (κ1) is 15.2. The summed E-state index contributed by atoms with van der Waals surface area (Å²) in [4.78, 5) is 22.0. The molecule has 4 nitrogen and oxygen atoms in total. The van der Waals surface area contributed by atoms with E-state index in [0.29, 0.717) is 11.4 Å². The molecule has 19 heavy (non-hydrogen) atoms. The minimum atomic E-state index is -0.865. The lowest BCUT2D eigenvalue weighted by Gasteiger charge is -2.10. The maximum absolute atomic E-state index is 11.6. The summed E-state index contributed by atoms with van der Waals surface area (Å²) >= 11 is 5.83. The van der Waals surface area contributed by atoms with E-state index in [1.54, 1.807) is 31.2 Å². The van der Waals surface area contributed by atoms with Crippen molar-refractivity contribution in [2.24, 2.45) is 0 Å². The van der Waals surface area contributed by atoms with E-state index < -0.39 is 5.97 Å². The van der Waals surface area contributed by atoms with Crippen LogP contribution in [-0.4, -0.2) is 23.0 Å². The van der Waals surface area contributed by atoms with Gasteiger partial charge >= 0.3 is 5.97 Å². The Morgan fingerprint density at radius 3 is 2.84 bits per heavy atom. The molecule has 0 fully saturated rings. The number of rotatable bonds is 6. The summed E-state index contributed by atoms with van der Waals surface area (Å²) in [5.74, 6) is -1.12. The second-order valence-corrected chi connectivity index (χ2v) is 4.67. The quantitative estimate of drug-likeness (QED) is 0.788. The van der Waals surface area contributed by atoms with Gasteiger partial charge in [-0.15, -0.1) is 0 Å². The number of benzene rings is 1. The molecule has 1 atom stereocenters. The Labute approximate surface area is 117 Å². The lowest BCUT2D eigenvalue weighted by atomic mass is 10.2. The predicted octanol–water partition coefficient (Wildman–Crippen LogP) is 2.72. The van der Waals surface area contributed by atoms with Crippen molar-refractivity contribution in [1.82, 2.24) is 5.32 Å². The van der Waals surface area contributed by atoms with Crippen LogP contribution in [0.15, 0.2) is 30.3 Å². The number of aliphatic carboxylic acids is 1. The molecule has 0 radical (unpaired) electrons. The standard InChI is InChI=1S/C14H16ClNO3/c1-10(5-8-14(18)19)16-13(17)7-6-11-3-2-4-12(15)9-11/h2-4,6-7,9-10H,5,8H2,1H3,(H,16,17)(H,18,19). The topological polar surface area (TPSA) is 66.4 Å². The van der Waals surface area contributed by atoms with Crippen LogP contribution in [0.4, 0.5) is 0 Å². The molecule has 1 amide bonds. The number of carbonyl (C=O) groups is 2. The van der Waals surface area contributed by atoms with Crippen LogP contribution < -0.4 is 5.32 Å². The third-order valence-corrected chi connectivity index (χ3v) is 2.69. The van der Waals surface area contributed by atoms with Gasteiger partial charge in [0.05, 0.1) is 0 Å². The number of amides is 1. The fourth-order valence-corrected chi connectivity index (χ4v) is 1.68. The molecule has 1 aromatic rings. The van der Waals surface area contributed by atoms with E-state index in [9.17, 15) is 9.59 Å². The van der Waals surface area contributed by atoms with Gasteiger partial charge in [-0.25, -0.2) is 0 Å². The number of halogens is 1. The van der Waals surface area contributed by atoms with Crippen molar-refractivity contribution in [1.29, 1.82) is 0 Å². The van der Waals surface area contributed by atoms with Crippen molar-refractivity contribution < 1.29 is 14.7 Å². The van der Waals surface area contributed by atoms with Gasteiger partial charge in [0.1, 0.15) is 0 Å². The SMILES string of the molecule is CC(CCC(=O)O)NC(=O)C=Cc1cccc(Cl)c1. The molecule has 1 rings (SSSR count). The van der Waals surface area contributed by atoms with Crippen LogP contribution in [0, 0.1) is 0 Å². The van der Waals surface area contributed by atoms with Gasteiger partial charge in [0.25, 0.3) is 0 Å². The van der Waals surface area contributed by atoms with Gasteiger partial charge in [-0.1, -0.05) is 23.7 Å². The molecule has 5 heteroatoms. The molecule has 0 aliphatic carbocycles. The highest BCUT2D eigenvalue weighted by Crippen LogP contribution is 2.11. The molecule has 0 bridgehead atoms. The van der Waals surface area contributed by atoms with E-state index in [1.165, 1.54) is 6.08 Å². The summed E-state index contributed by atoms with van der Waals surface area (Å²) in [6, 6.07) is 6.97. The van der Waals surface area contributed by atoms with Crippen molar-refractivity contribution in [3.8, 4) is 0 Å². The van der Waals surface area contributed by atoms with Crippen LogP contribution >= 0.6 is 11.6 Å². The van der Waals surface area contributed by atoms with E-state index in [1.807, 2.05) is 6.07 Å². The van der Waals surface area contributed by atoms with E-state index in [0.717, 1.165) is 5.56 Å². The average molecular weight is 282 g/mol. The molecule has 0 aliphatic heterocycles. The van der Waals surface area contributed by atoms with Crippen LogP contribution in [0.2, 0.25) is 5.02 Å². The molecule has 0 saturated carbocycles. The minimum Gasteiger partial charge on any atom is -0.481 e. The molecule has 102 valence electrons. The van der Waals surface area contributed by atoms with Gasteiger partial charge in [0.15, 0.2) is 0 Å². The summed E-state index contributed by atoms with van der Waals surface area (Å²) in [5.41, 5.74) is 0.834. The summed E-state index contributed by atoms with van der Waals surface area (Å²) in [6.45, 7) is 1.77. The maximum atomic E-state index is 11.6. The Bertz CT molecular complexity index is 485. The number of carboxylic acids is 1. The lowest BCUT2D eigenvalue weighted by molar-refractivity contribution is -0.137. The third-order valence-electron chi connectivity index (χ3n) is 2.46. The van der Waals surface area contributed by atoms with Crippen LogP contribution in [0.5, 0.6) is 0 Å². The van der Waals surface area contributed by atoms with Gasteiger partial charge in [0, 0.05) is 23.6 Å². The van der Waals surface area contributed by atoms with Crippen LogP contribution in [0.25, 0.3) is 6.08 Å². The second-order valence-electron chi connectivity index (χ2n) is 4.23. The van der Waals surface area contributed by atoms with Gasteiger partial charge in [-0.2, -0.15) is 0 Å². The van der Waals surface area contributed by atoms with Crippen LogP contribution in [0.1, 0.15) is 25.3 Å². The van der Waals surface area contributed by atoms with E-state index in [2.05, 4.69) is 5.32 Å². The molecule has 0 aromatic heterocycles. The third kappa shape index (κ3) is 6.62. The lowest BCUT2D eigenvalue weighted by Crippen LogP contribution is -2.31. The molecule has 1 aromatic carbocycles. The molecular formula is C14H16ClNO3. The molecule has 0 heterocycles. The van der Waals surface area contributed by atoms with Gasteiger partial charge in [-0.05, 0) is 37.1 Å². The highest BCUT2D eigenvalue weighted by Gasteiger charge is 2.06. The maximum Gasteiger partial charge on any atom is 0.303 e. The summed E-state index contributed by atoms with van der Waals surface area (Å²) in [5, 5.41) is 11.8. The highest BCUT2D eigenvalue weighted by atomic mass is 35.5. The molecule has 1 unspecified atom stereocenters. The molecule has 0 aliphatic rings. The first-order chi connectivity index (χ1) is 8.97. The van der Waals surface area contributed by atoms with Crippen LogP contribution in [-0.2, 0) is 9.59 Å². The Kier molecular flexibility index (Phi) is 6.09. The second kappa shape index (κ2) is 7.59. The summed E-state index contributed by atoms with van der Waals surface area (Å²) < 4.78 is 0. The van der Waals surface area contributed by atoms with Gasteiger partial charge in [-0.3, -0.25) is 9.59 Å². The van der Waals surface area contributed by atoms with E-state index >= 15 is 0 Å². The largest absolute Gasteiger partial charge is 0.481 e. The molecular weight excluding hydrogens is 266 g/mol. The van der Waals surface area contributed by atoms with Crippen LogP contribution in [0.3, 0.4) is 0 Å². The number of hydrogen-bond donors (Lipinski definition) is 2. The number of hydrogen-bond acceptors (Lipinski definition) is 2. The van der Waals surface area contributed by atoms with E-state index in [4.69, 9.17) is 16.7 Å².